The van der Waals surface area contributed by atoms with Gasteiger partial charge in [0.05, 0.1) is 11.0 Å². The van der Waals surface area contributed by atoms with Crippen LogP contribution in [0.4, 0.5) is 5.69 Å². The van der Waals surface area contributed by atoms with Crippen LogP contribution in [0.3, 0.4) is 0 Å². The van der Waals surface area contributed by atoms with Gasteiger partial charge in [-0.05, 0) is 44.0 Å². The van der Waals surface area contributed by atoms with Gasteiger partial charge in [0.2, 0.25) is 10.0 Å². The van der Waals surface area contributed by atoms with E-state index in [-0.39, 0.29) is 11.4 Å². The van der Waals surface area contributed by atoms with Gasteiger partial charge in [-0.2, -0.15) is 0 Å². The first-order valence-corrected chi connectivity index (χ1v) is 7.19. The zero-order chi connectivity index (χ0) is 13.9. The molecule has 1 unspecified atom stereocenters. The molecule has 0 heterocycles. The minimum Gasteiger partial charge on any atom is -0.399 e. The second-order valence-corrected chi connectivity index (χ2v) is 6.53. The summed E-state index contributed by atoms with van der Waals surface area (Å²) in [5.74, 6) is 0. The maximum atomic E-state index is 12.2. The number of benzene rings is 1. The highest BCUT2D eigenvalue weighted by Crippen LogP contribution is 2.19. The van der Waals surface area contributed by atoms with E-state index >= 15 is 0 Å². The fourth-order valence-corrected chi connectivity index (χ4v) is 2.75. The van der Waals surface area contributed by atoms with E-state index in [1.807, 2.05) is 0 Å². The molecule has 0 aliphatic carbocycles. The van der Waals surface area contributed by atoms with Crippen molar-refractivity contribution in [2.24, 2.45) is 0 Å². The number of hydrogen-bond donors (Lipinski definition) is 2. The van der Waals surface area contributed by atoms with E-state index < -0.39 is 16.1 Å². The lowest BCUT2D eigenvalue weighted by atomic mass is 10.2. The molecule has 0 spiro atoms. The largest absolute Gasteiger partial charge is 0.399 e. The molecular formula is C12H20N2O3S. The minimum absolute atomic E-state index is 0.224. The molecule has 102 valence electrons. The Hall–Kier alpha value is -1.11. The van der Waals surface area contributed by atoms with Gasteiger partial charge in [-0.1, -0.05) is 0 Å². The Balaban J connectivity index is 2.95. The van der Waals surface area contributed by atoms with Crippen molar-refractivity contribution in [1.82, 2.24) is 4.31 Å². The Labute approximate surface area is 108 Å². The number of aliphatic hydroxyl groups excluding tert-OH is 1. The highest BCUT2D eigenvalue weighted by atomic mass is 32.2. The van der Waals surface area contributed by atoms with Gasteiger partial charge in [-0.15, -0.1) is 0 Å². The molecule has 3 N–H and O–H groups in total. The van der Waals surface area contributed by atoms with Crippen LogP contribution in [0.5, 0.6) is 0 Å². The maximum absolute atomic E-state index is 12.2. The fraction of sp³-hybridized carbons (Fsp3) is 0.500. The van der Waals surface area contributed by atoms with E-state index in [1.54, 1.807) is 26.0 Å². The van der Waals surface area contributed by atoms with E-state index in [0.717, 1.165) is 5.56 Å². The zero-order valence-electron chi connectivity index (χ0n) is 10.9. The van der Waals surface area contributed by atoms with Crippen LogP contribution in [0.25, 0.3) is 0 Å². The van der Waals surface area contributed by atoms with E-state index in [2.05, 4.69) is 0 Å². The van der Waals surface area contributed by atoms with Crippen LogP contribution in [0.1, 0.15) is 18.9 Å². The quantitative estimate of drug-likeness (QED) is 0.782. The standard InChI is InChI=1S/C12H20N2O3S/c1-9-8-11(4-5-12(9)13)18(16,17)14(3)7-6-10(2)15/h4-5,8,10,15H,6-7,13H2,1-3H3. The second kappa shape index (κ2) is 5.69. The van der Waals surface area contributed by atoms with Gasteiger partial charge >= 0.3 is 0 Å². The van der Waals surface area contributed by atoms with Crippen molar-refractivity contribution >= 4 is 15.7 Å². The summed E-state index contributed by atoms with van der Waals surface area (Å²) in [4.78, 5) is 0.224. The topological polar surface area (TPSA) is 83.6 Å². The van der Waals surface area contributed by atoms with Crippen LogP contribution < -0.4 is 5.73 Å². The molecule has 0 aliphatic rings. The molecule has 5 nitrogen and oxygen atoms in total. The number of aryl methyl sites for hydroxylation is 1. The summed E-state index contributed by atoms with van der Waals surface area (Å²) in [6.07, 6.45) is -0.111. The summed E-state index contributed by atoms with van der Waals surface area (Å²) < 4.78 is 25.7. The monoisotopic (exact) mass is 272 g/mol. The van der Waals surface area contributed by atoms with E-state index in [1.165, 1.54) is 17.4 Å². The highest BCUT2D eigenvalue weighted by Gasteiger charge is 2.21. The summed E-state index contributed by atoms with van der Waals surface area (Å²) in [5.41, 5.74) is 6.97. The summed E-state index contributed by atoms with van der Waals surface area (Å²) in [6, 6.07) is 4.64. The molecular weight excluding hydrogens is 252 g/mol. The Bertz CT molecular complexity index is 512. The normalized spacial score (nSPS) is 13.8. The number of nitrogens with zero attached hydrogens (tertiary/aromatic N) is 1. The van der Waals surface area contributed by atoms with Crippen molar-refractivity contribution in [2.45, 2.75) is 31.3 Å². The molecule has 0 amide bonds. The highest BCUT2D eigenvalue weighted by molar-refractivity contribution is 7.89. The maximum Gasteiger partial charge on any atom is 0.242 e. The lowest BCUT2D eigenvalue weighted by Crippen LogP contribution is -2.29. The first-order valence-electron chi connectivity index (χ1n) is 5.75. The fourth-order valence-electron chi connectivity index (χ4n) is 1.48. The third-order valence-corrected chi connectivity index (χ3v) is 4.66. The Morgan fingerprint density at radius 3 is 2.56 bits per heavy atom. The van der Waals surface area contributed by atoms with Gasteiger partial charge in [0, 0.05) is 19.3 Å². The van der Waals surface area contributed by atoms with Crippen molar-refractivity contribution in [3.63, 3.8) is 0 Å². The third kappa shape index (κ3) is 3.44. The molecule has 1 aromatic carbocycles. The molecule has 18 heavy (non-hydrogen) atoms. The summed E-state index contributed by atoms with van der Waals surface area (Å²) in [7, 11) is -2.00. The number of anilines is 1. The molecule has 0 aliphatic heterocycles. The average Bonchev–Trinajstić information content (AvgIpc) is 2.29. The van der Waals surface area contributed by atoms with Crippen LogP contribution in [0, 0.1) is 6.92 Å². The number of nitrogens with two attached hydrogens (primary N) is 1. The number of rotatable bonds is 5. The van der Waals surface area contributed by atoms with Crippen LogP contribution >= 0.6 is 0 Å². The van der Waals surface area contributed by atoms with Crippen molar-refractivity contribution in [3.05, 3.63) is 23.8 Å². The van der Waals surface area contributed by atoms with Gasteiger partial charge in [0.25, 0.3) is 0 Å². The van der Waals surface area contributed by atoms with E-state index in [0.29, 0.717) is 12.1 Å². The van der Waals surface area contributed by atoms with E-state index in [4.69, 9.17) is 5.73 Å². The lowest BCUT2D eigenvalue weighted by Gasteiger charge is -2.18. The molecule has 0 saturated heterocycles. The molecule has 0 bridgehead atoms. The number of aliphatic hydroxyl groups is 1. The lowest BCUT2D eigenvalue weighted by molar-refractivity contribution is 0.177. The number of hydrogen-bond acceptors (Lipinski definition) is 4. The van der Waals surface area contributed by atoms with Crippen LogP contribution in [-0.4, -0.2) is 37.5 Å². The predicted molar refractivity (Wildman–Crippen MR) is 71.7 cm³/mol. The zero-order valence-corrected chi connectivity index (χ0v) is 11.7. The minimum atomic E-state index is -3.51. The van der Waals surface area contributed by atoms with Crippen molar-refractivity contribution < 1.29 is 13.5 Å². The van der Waals surface area contributed by atoms with Crippen molar-refractivity contribution in [1.29, 1.82) is 0 Å². The summed E-state index contributed by atoms with van der Waals surface area (Å²) in [6.45, 7) is 3.68. The van der Waals surface area contributed by atoms with Crippen molar-refractivity contribution in [2.75, 3.05) is 19.3 Å². The Morgan fingerprint density at radius 1 is 1.44 bits per heavy atom. The second-order valence-electron chi connectivity index (χ2n) is 4.48. The molecule has 0 aromatic heterocycles. The molecule has 1 aromatic rings. The average molecular weight is 272 g/mol. The SMILES string of the molecule is Cc1cc(S(=O)(=O)N(C)CCC(C)O)ccc1N. The molecule has 0 fully saturated rings. The smallest absolute Gasteiger partial charge is 0.242 e. The molecule has 0 saturated carbocycles. The van der Waals surface area contributed by atoms with Gasteiger partial charge in [-0.3, -0.25) is 0 Å². The summed E-state index contributed by atoms with van der Waals surface area (Å²) in [5, 5.41) is 9.18. The molecule has 1 atom stereocenters. The first-order chi connectivity index (χ1) is 8.25. The molecule has 6 heteroatoms. The molecule has 0 radical (unpaired) electrons. The third-order valence-electron chi connectivity index (χ3n) is 2.81. The number of sulfonamides is 1. The van der Waals surface area contributed by atoms with Crippen LogP contribution in [-0.2, 0) is 10.0 Å². The van der Waals surface area contributed by atoms with Crippen LogP contribution in [0.2, 0.25) is 0 Å². The predicted octanol–water partition coefficient (Wildman–Crippen LogP) is 0.969. The molecule has 1 rings (SSSR count). The van der Waals surface area contributed by atoms with Crippen LogP contribution in [0.15, 0.2) is 23.1 Å². The van der Waals surface area contributed by atoms with Gasteiger partial charge < -0.3 is 10.8 Å². The van der Waals surface area contributed by atoms with Gasteiger partial charge in [0.1, 0.15) is 0 Å². The van der Waals surface area contributed by atoms with Gasteiger partial charge in [0.15, 0.2) is 0 Å². The van der Waals surface area contributed by atoms with Crippen molar-refractivity contribution in [3.8, 4) is 0 Å². The summed E-state index contributed by atoms with van der Waals surface area (Å²) >= 11 is 0. The Kier molecular flexibility index (Phi) is 4.72. The first kappa shape index (κ1) is 14.9. The van der Waals surface area contributed by atoms with E-state index in [9.17, 15) is 13.5 Å². The number of nitrogen functional groups attached to an aromatic ring is 1. The van der Waals surface area contributed by atoms with Gasteiger partial charge in [-0.25, -0.2) is 12.7 Å². The Morgan fingerprint density at radius 2 is 2.06 bits per heavy atom.